The van der Waals surface area contributed by atoms with Crippen LogP contribution in [0.1, 0.15) is 33.3 Å². The van der Waals surface area contributed by atoms with Gasteiger partial charge in [-0.05, 0) is 19.1 Å². The minimum Gasteiger partial charge on any atom is -0.465 e. The maximum absolute atomic E-state index is 12.2. The van der Waals surface area contributed by atoms with E-state index in [9.17, 15) is 4.79 Å². The summed E-state index contributed by atoms with van der Waals surface area (Å²) in [4.78, 5) is 12.2. The van der Waals surface area contributed by atoms with Crippen LogP contribution in [0.4, 0.5) is 0 Å². The van der Waals surface area contributed by atoms with Gasteiger partial charge >= 0.3 is 0 Å². The summed E-state index contributed by atoms with van der Waals surface area (Å²) in [6, 6.07) is 3.73. The van der Waals surface area contributed by atoms with Crippen molar-refractivity contribution in [2.75, 3.05) is 6.61 Å². The van der Waals surface area contributed by atoms with E-state index in [2.05, 4.69) is 10.4 Å². The van der Waals surface area contributed by atoms with Crippen molar-refractivity contribution >= 4 is 5.91 Å². The van der Waals surface area contributed by atoms with E-state index in [0.29, 0.717) is 25.5 Å². The van der Waals surface area contributed by atoms with Gasteiger partial charge in [-0.1, -0.05) is 0 Å². The maximum Gasteiger partial charge on any atom is 0.272 e. The zero-order valence-electron chi connectivity index (χ0n) is 11.6. The fraction of sp³-hybridized carbons (Fsp3) is 0.429. The molecule has 0 spiro atoms. The molecule has 1 amide bonds. The van der Waals surface area contributed by atoms with Crippen LogP contribution in [-0.4, -0.2) is 22.3 Å². The summed E-state index contributed by atoms with van der Waals surface area (Å²) in [6.07, 6.45) is 0.795. The Morgan fingerprint density at radius 3 is 3.10 bits per heavy atom. The quantitative estimate of drug-likeness (QED) is 0.917. The molecule has 0 bridgehead atoms. The Bertz CT molecular complexity index is 642. The zero-order chi connectivity index (χ0) is 14.1. The van der Waals surface area contributed by atoms with E-state index in [-0.39, 0.29) is 5.91 Å². The third-order valence-corrected chi connectivity index (χ3v) is 3.44. The van der Waals surface area contributed by atoms with Gasteiger partial charge in [-0.3, -0.25) is 9.48 Å². The molecular weight excluding hydrogens is 258 g/mol. The lowest BCUT2D eigenvalue weighted by molar-refractivity contribution is 0.0920. The summed E-state index contributed by atoms with van der Waals surface area (Å²) in [6.45, 7) is 3.36. The third-order valence-electron chi connectivity index (χ3n) is 3.44. The monoisotopic (exact) mass is 275 g/mol. The molecule has 3 rings (SSSR count). The number of carbonyl (C=O) groups is 1. The second-order valence-corrected chi connectivity index (χ2v) is 4.90. The lowest BCUT2D eigenvalue weighted by atomic mass is 10.1. The first-order valence-corrected chi connectivity index (χ1v) is 6.61. The molecule has 0 radical (unpaired) electrons. The summed E-state index contributed by atoms with van der Waals surface area (Å²) in [7, 11) is 1.86. The largest absolute Gasteiger partial charge is 0.465 e. The van der Waals surface area contributed by atoms with Crippen LogP contribution in [0.5, 0.6) is 0 Å². The summed E-state index contributed by atoms with van der Waals surface area (Å²) in [5.74, 6) is 1.37. The van der Waals surface area contributed by atoms with Crippen molar-refractivity contribution in [3.8, 4) is 0 Å². The van der Waals surface area contributed by atoms with Gasteiger partial charge in [0, 0.05) is 24.7 Å². The van der Waals surface area contributed by atoms with Gasteiger partial charge in [-0.25, -0.2) is 0 Å². The second kappa shape index (κ2) is 5.13. The topological polar surface area (TPSA) is 69.3 Å². The van der Waals surface area contributed by atoms with Crippen LogP contribution >= 0.6 is 0 Å². The molecule has 106 valence electrons. The second-order valence-electron chi connectivity index (χ2n) is 4.90. The number of hydrogen-bond donors (Lipinski definition) is 1. The minimum absolute atomic E-state index is 0.193. The Kier molecular flexibility index (Phi) is 3.31. The molecule has 0 atom stereocenters. The van der Waals surface area contributed by atoms with Crippen LogP contribution in [0, 0.1) is 6.92 Å². The zero-order valence-corrected chi connectivity index (χ0v) is 11.6. The number of aryl methyl sites for hydroxylation is 2. The number of hydrogen-bond acceptors (Lipinski definition) is 4. The number of amides is 1. The van der Waals surface area contributed by atoms with Crippen LogP contribution < -0.4 is 5.32 Å². The Hall–Kier alpha value is -2.08. The predicted octanol–water partition coefficient (Wildman–Crippen LogP) is 1.32. The molecule has 1 aliphatic rings. The molecule has 0 aromatic carbocycles. The van der Waals surface area contributed by atoms with Crippen LogP contribution in [0.25, 0.3) is 0 Å². The lowest BCUT2D eigenvalue weighted by Crippen LogP contribution is -2.25. The van der Waals surface area contributed by atoms with Gasteiger partial charge in [-0.2, -0.15) is 5.10 Å². The van der Waals surface area contributed by atoms with Crippen molar-refractivity contribution in [3.05, 3.63) is 40.6 Å². The first kappa shape index (κ1) is 12.9. The Balaban J connectivity index is 1.74. The number of nitrogens with zero attached hydrogens (tertiary/aromatic N) is 2. The highest BCUT2D eigenvalue weighted by molar-refractivity contribution is 5.93. The highest BCUT2D eigenvalue weighted by atomic mass is 16.5. The number of furan rings is 1. The fourth-order valence-electron chi connectivity index (χ4n) is 2.42. The Labute approximate surface area is 116 Å². The van der Waals surface area contributed by atoms with Crippen molar-refractivity contribution < 1.29 is 13.9 Å². The van der Waals surface area contributed by atoms with Crippen molar-refractivity contribution in [3.63, 3.8) is 0 Å². The molecule has 6 nitrogen and oxygen atoms in total. The summed E-state index contributed by atoms with van der Waals surface area (Å²) < 4.78 is 12.6. The van der Waals surface area contributed by atoms with E-state index in [1.165, 1.54) is 0 Å². The first-order valence-electron chi connectivity index (χ1n) is 6.61. The molecule has 0 saturated heterocycles. The molecule has 2 aromatic heterocycles. The van der Waals surface area contributed by atoms with E-state index in [4.69, 9.17) is 9.15 Å². The van der Waals surface area contributed by atoms with Gasteiger partial charge in [0.1, 0.15) is 11.5 Å². The van der Waals surface area contributed by atoms with E-state index in [1.54, 1.807) is 4.68 Å². The van der Waals surface area contributed by atoms with Gasteiger partial charge in [0.05, 0.1) is 19.8 Å². The van der Waals surface area contributed by atoms with Crippen molar-refractivity contribution in [2.45, 2.75) is 26.5 Å². The third kappa shape index (κ3) is 2.34. The van der Waals surface area contributed by atoms with Gasteiger partial charge < -0.3 is 14.5 Å². The van der Waals surface area contributed by atoms with E-state index in [1.807, 2.05) is 26.1 Å². The summed E-state index contributed by atoms with van der Waals surface area (Å²) in [5.41, 5.74) is 2.42. The fourth-order valence-corrected chi connectivity index (χ4v) is 2.42. The lowest BCUT2D eigenvalue weighted by Gasteiger charge is -2.13. The SMILES string of the molecule is Cc1ccc(CNC(=O)c2nn(C)c3c2COCC3)o1. The van der Waals surface area contributed by atoms with E-state index >= 15 is 0 Å². The van der Waals surface area contributed by atoms with Crippen molar-refractivity contribution in [2.24, 2.45) is 7.05 Å². The first-order chi connectivity index (χ1) is 9.65. The molecular formula is C14H17N3O3. The maximum atomic E-state index is 12.2. The highest BCUT2D eigenvalue weighted by Crippen LogP contribution is 2.20. The van der Waals surface area contributed by atoms with Gasteiger partial charge in [0.2, 0.25) is 0 Å². The van der Waals surface area contributed by atoms with Gasteiger partial charge in [-0.15, -0.1) is 0 Å². The molecule has 0 unspecified atom stereocenters. The van der Waals surface area contributed by atoms with Crippen molar-refractivity contribution in [1.82, 2.24) is 15.1 Å². The van der Waals surface area contributed by atoms with Crippen LogP contribution in [0.2, 0.25) is 0 Å². The number of fused-ring (bicyclic) bond motifs is 1. The molecule has 2 aromatic rings. The number of ether oxygens (including phenoxy) is 1. The standard InChI is InChI=1S/C14H17N3O3/c1-9-3-4-10(20-9)7-15-14(18)13-11-8-19-6-5-12(11)17(2)16-13/h3-4H,5-8H2,1-2H3,(H,15,18). The molecule has 0 saturated carbocycles. The van der Waals surface area contributed by atoms with Crippen LogP contribution in [0.3, 0.4) is 0 Å². The molecule has 20 heavy (non-hydrogen) atoms. The smallest absolute Gasteiger partial charge is 0.272 e. The molecule has 0 fully saturated rings. The normalized spacial score (nSPS) is 14.1. The average Bonchev–Trinajstić information content (AvgIpc) is 3.01. The minimum atomic E-state index is -0.193. The number of carbonyl (C=O) groups excluding carboxylic acids is 1. The van der Waals surface area contributed by atoms with Crippen molar-refractivity contribution in [1.29, 1.82) is 0 Å². The molecule has 3 heterocycles. The van der Waals surface area contributed by atoms with Gasteiger partial charge in [0.25, 0.3) is 5.91 Å². The van der Waals surface area contributed by atoms with Crippen LogP contribution in [0.15, 0.2) is 16.5 Å². The Morgan fingerprint density at radius 1 is 1.50 bits per heavy atom. The average molecular weight is 275 g/mol. The summed E-state index contributed by atoms with van der Waals surface area (Å²) >= 11 is 0. The highest BCUT2D eigenvalue weighted by Gasteiger charge is 2.24. The molecule has 0 aliphatic carbocycles. The van der Waals surface area contributed by atoms with Crippen LogP contribution in [-0.2, 0) is 31.4 Å². The van der Waals surface area contributed by atoms with Gasteiger partial charge in [0.15, 0.2) is 5.69 Å². The number of rotatable bonds is 3. The molecule has 1 N–H and O–H groups in total. The van der Waals surface area contributed by atoms with E-state index < -0.39 is 0 Å². The number of nitrogens with one attached hydrogen (secondary N) is 1. The number of aromatic nitrogens is 2. The Morgan fingerprint density at radius 2 is 2.35 bits per heavy atom. The van der Waals surface area contributed by atoms with E-state index in [0.717, 1.165) is 29.2 Å². The predicted molar refractivity (Wildman–Crippen MR) is 71.2 cm³/mol. The molecule has 6 heteroatoms. The summed E-state index contributed by atoms with van der Waals surface area (Å²) in [5, 5.41) is 7.13. The molecule has 1 aliphatic heterocycles.